The molecule has 0 aromatic heterocycles. The van der Waals surface area contributed by atoms with Crippen molar-refractivity contribution in [1.29, 1.82) is 0 Å². The van der Waals surface area contributed by atoms with Crippen molar-refractivity contribution in [2.24, 2.45) is 11.7 Å². The van der Waals surface area contributed by atoms with Crippen molar-refractivity contribution in [1.82, 2.24) is 10.2 Å². The first-order valence-electron chi connectivity index (χ1n) is 9.40. The summed E-state index contributed by atoms with van der Waals surface area (Å²) in [5.74, 6) is -1.60. The number of cyclic esters (lactones) is 1. The van der Waals surface area contributed by atoms with Crippen molar-refractivity contribution in [2.45, 2.75) is 31.2 Å². The highest BCUT2D eigenvalue weighted by atomic mass is 16.6. The zero-order valence-corrected chi connectivity index (χ0v) is 16.2. The van der Waals surface area contributed by atoms with Crippen molar-refractivity contribution >= 4 is 17.9 Å². The van der Waals surface area contributed by atoms with E-state index in [1.165, 1.54) is 19.1 Å². The van der Waals surface area contributed by atoms with Crippen LogP contribution in [-0.2, 0) is 14.3 Å². The van der Waals surface area contributed by atoms with Gasteiger partial charge < -0.3 is 29.6 Å². The van der Waals surface area contributed by atoms with E-state index in [-0.39, 0.29) is 24.0 Å². The highest BCUT2D eigenvalue weighted by molar-refractivity contribution is 6.02. The van der Waals surface area contributed by atoms with E-state index in [4.69, 9.17) is 24.7 Å². The van der Waals surface area contributed by atoms with Crippen LogP contribution in [0.2, 0.25) is 0 Å². The van der Waals surface area contributed by atoms with E-state index < -0.39 is 36.1 Å². The molecule has 3 aliphatic heterocycles. The van der Waals surface area contributed by atoms with Gasteiger partial charge >= 0.3 is 12.0 Å². The lowest BCUT2D eigenvalue weighted by atomic mass is 9.89. The van der Waals surface area contributed by atoms with Crippen LogP contribution in [0.25, 0.3) is 0 Å². The number of amides is 3. The molecule has 3 N–H and O–H groups in total. The SMILES string of the molecule is COc1ccc2c(c1OC)C(=O)OC2C1C(=O)NC(=O)N(CC2CCCO2)C1N. The normalized spacial score (nSPS) is 28.8. The fraction of sp³-hybridized carbons (Fsp3) is 0.526. The number of esters is 1. The Bertz CT molecular complexity index is 852. The van der Waals surface area contributed by atoms with Crippen LogP contribution in [0.4, 0.5) is 4.79 Å². The number of nitrogens with zero attached hydrogens (tertiary/aromatic N) is 1. The quantitative estimate of drug-likeness (QED) is 0.680. The average molecular weight is 405 g/mol. The second-order valence-electron chi connectivity index (χ2n) is 7.19. The molecule has 1 aromatic rings. The predicted molar refractivity (Wildman–Crippen MR) is 98.4 cm³/mol. The molecule has 1 aromatic carbocycles. The minimum Gasteiger partial charge on any atom is -0.493 e. The van der Waals surface area contributed by atoms with Crippen molar-refractivity contribution < 1.29 is 33.3 Å². The van der Waals surface area contributed by atoms with Crippen LogP contribution in [0, 0.1) is 5.92 Å². The number of rotatable bonds is 5. The van der Waals surface area contributed by atoms with Gasteiger partial charge in [-0.1, -0.05) is 6.07 Å². The summed E-state index contributed by atoms with van der Waals surface area (Å²) in [5, 5.41) is 2.32. The first-order valence-corrected chi connectivity index (χ1v) is 9.40. The minimum absolute atomic E-state index is 0.136. The third-order valence-electron chi connectivity index (χ3n) is 5.59. The van der Waals surface area contributed by atoms with Crippen molar-refractivity contribution in [3.63, 3.8) is 0 Å². The van der Waals surface area contributed by atoms with Crippen LogP contribution >= 0.6 is 0 Å². The molecule has 4 atom stereocenters. The van der Waals surface area contributed by atoms with Gasteiger partial charge in [0, 0.05) is 12.2 Å². The molecule has 156 valence electrons. The fourth-order valence-electron chi connectivity index (χ4n) is 4.17. The summed E-state index contributed by atoms with van der Waals surface area (Å²) in [6.07, 6.45) is -0.339. The second-order valence-corrected chi connectivity index (χ2v) is 7.19. The molecule has 0 bridgehead atoms. The number of ether oxygens (including phenoxy) is 4. The van der Waals surface area contributed by atoms with Crippen LogP contribution < -0.4 is 20.5 Å². The number of nitrogens with two attached hydrogens (primary N) is 1. The number of hydrogen-bond donors (Lipinski definition) is 2. The lowest BCUT2D eigenvalue weighted by Crippen LogP contribution is -2.65. The number of carbonyl (C=O) groups excluding carboxylic acids is 3. The van der Waals surface area contributed by atoms with E-state index in [1.807, 2.05) is 0 Å². The summed E-state index contributed by atoms with van der Waals surface area (Å²) in [4.78, 5) is 39.0. The first kappa shape index (κ1) is 19.5. The van der Waals surface area contributed by atoms with Crippen molar-refractivity contribution in [2.75, 3.05) is 27.4 Å². The van der Waals surface area contributed by atoms with Gasteiger partial charge in [-0.2, -0.15) is 0 Å². The maximum Gasteiger partial charge on any atom is 0.343 e. The summed E-state index contributed by atoms with van der Waals surface area (Å²) in [6, 6.07) is 2.70. The molecule has 3 heterocycles. The molecular weight excluding hydrogens is 382 g/mol. The number of fused-ring (bicyclic) bond motifs is 1. The molecular formula is C19H23N3O7. The lowest BCUT2D eigenvalue weighted by molar-refractivity contribution is -0.133. The third kappa shape index (κ3) is 3.18. The maximum atomic E-state index is 12.7. The molecule has 0 saturated carbocycles. The highest BCUT2D eigenvalue weighted by Crippen LogP contribution is 2.45. The molecule has 3 aliphatic rings. The molecule has 0 spiro atoms. The van der Waals surface area contributed by atoms with Gasteiger partial charge in [0.25, 0.3) is 0 Å². The minimum atomic E-state index is -0.975. The van der Waals surface area contributed by atoms with Gasteiger partial charge in [-0.3, -0.25) is 10.1 Å². The number of nitrogens with one attached hydrogen (secondary N) is 1. The van der Waals surface area contributed by atoms with Gasteiger partial charge in [0.05, 0.1) is 33.0 Å². The summed E-state index contributed by atoms with van der Waals surface area (Å²) < 4.78 is 21.7. The Morgan fingerprint density at radius 2 is 2.03 bits per heavy atom. The van der Waals surface area contributed by atoms with Crippen LogP contribution in [0.3, 0.4) is 0 Å². The van der Waals surface area contributed by atoms with E-state index in [0.717, 1.165) is 12.8 Å². The third-order valence-corrected chi connectivity index (χ3v) is 5.59. The Morgan fingerprint density at radius 1 is 1.24 bits per heavy atom. The molecule has 4 unspecified atom stereocenters. The zero-order valence-electron chi connectivity index (χ0n) is 16.2. The molecule has 10 nitrogen and oxygen atoms in total. The van der Waals surface area contributed by atoms with Crippen LogP contribution in [0.5, 0.6) is 11.5 Å². The number of methoxy groups -OCH3 is 2. The predicted octanol–water partition coefficient (Wildman–Crippen LogP) is 0.547. The molecule has 10 heteroatoms. The van der Waals surface area contributed by atoms with Crippen LogP contribution in [0.15, 0.2) is 12.1 Å². The second kappa shape index (κ2) is 7.53. The number of carbonyl (C=O) groups is 3. The summed E-state index contributed by atoms with van der Waals surface area (Å²) in [6.45, 7) is 0.892. The Balaban J connectivity index is 1.66. The molecule has 29 heavy (non-hydrogen) atoms. The van der Waals surface area contributed by atoms with Gasteiger partial charge in [0.2, 0.25) is 5.91 Å². The number of urea groups is 1. The summed E-state index contributed by atoms with van der Waals surface area (Å²) >= 11 is 0. The van der Waals surface area contributed by atoms with E-state index in [2.05, 4.69) is 5.32 Å². The number of hydrogen-bond acceptors (Lipinski definition) is 8. The van der Waals surface area contributed by atoms with Crippen LogP contribution in [0.1, 0.15) is 34.9 Å². The summed E-state index contributed by atoms with van der Waals surface area (Å²) in [5.41, 5.74) is 6.99. The van der Waals surface area contributed by atoms with E-state index in [9.17, 15) is 14.4 Å². The smallest absolute Gasteiger partial charge is 0.343 e. The standard InChI is InChI=1S/C19H23N3O7/c1-26-11-6-5-10-12(15(11)27-2)18(24)29-14(10)13-16(20)22(19(25)21-17(13)23)8-9-4-3-7-28-9/h5-6,9,13-14,16H,3-4,7-8,20H2,1-2H3,(H,21,23,25). The topological polar surface area (TPSA) is 129 Å². The Morgan fingerprint density at radius 3 is 2.69 bits per heavy atom. The van der Waals surface area contributed by atoms with Crippen LogP contribution in [-0.4, -0.2) is 62.4 Å². The molecule has 3 amide bonds. The van der Waals surface area contributed by atoms with Gasteiger partial charge in [-0.15, -0.1) is 0 Å². The molecule has 4 rings (SSSR count). The van der Waals surface area contributed by atoms with Gasteiger partial charge in [-0.25, -0.2) is 9.59 Å². The molecule has 0 aliphatic carbocycles. The molecule has 2 saturated heterocycles. The Labute approximate surface area is 167 Å². The average Bonchev–Trinajstić information content (AvgIpc) is 3.32. The highest BCUT2D eigenvalue weighted by Gasteiger charge is 2.50. The molecule has 2 fully saturated rings. The maximum absolute atomic E-state index is 12.7. The molecule has 0 radical (unpaired) electrons. The summed E-state index contributed by atoms with van der Waals surface area (Å²) in [7, 11) is 2.88. The fourth-order valence-corrected chi connectivity index (χ4v) is 4.17. The van der Waals surface area contributed by atoms with Crippen molar-refractivity contribution in [3.05, 3.63) is 23.3 Å². The van der Waals surface area contributed by atoms with Crippen molar-refractivity contribution in [3.8, 4) is 11.5 Å². The Kier molecular flexibility index (Phi) is 5.05. The largest absolute Gasteiger partial charge is 0.493 e. The van der Waals surface area contributed by atoms with E-state index in [0.29, 0.717) is 17.9 Å². The van der Waals surface area contributed by atoms with Gasteiger partial charge in [-0.05, 0) is 18.9 Å². The Hall–Kier alpha value is -2.85. The van der Waals surface area contributed by atoms with Gasteiger partial charge in [0.1, 0.15) is 17.6 Å². The number of benzene rings is 1. The lowest BCUT2D eigenvalue weighted by Gasteiger charge is -2.40. The van der Waals surface area contributed by atoms with E-state index >= 15 is 0 Å². The zero-order chi connectivity index (χ0) is 20.7. The van der Waals surface area contributed by atoms with E-state index in [1.54, 1.807) is 12.1 Å². The monoisotopic (exact) mass is 405 g/mol. The number of imide groups is 1. The first-order chi connectivity index (χ1) is 14.0. The van der Waals surface area contributed by atoms with Gasteiger partial charge in [0.15, 0.2) is 11.5 Å².